The van der Waals surface area contributed by atoms with Crippen LogP contribution in [0.15, 0.2) is 42.7 Å². The van der Waals surface area contributed by atoms with Gasteiger partial charge in [-0.05, 0) is 12.1 Å². The first-order valence-electron chi connectivity index (χ1n) is 8.16. The Morgan fingerprint density at radius 2 is 1.66 bits per heavy atom. The number of benzene rings is 1. The number of nitrogens with two attached hydrogens (primary N) is 1. The van der Waals surface area contributed by atoms with Crippen molar-refractivity contribution in [3.8, 4) is 0 Å². The van der Waals surface area contributed by atoms with Gasteiger partial charge >= 0.3 is 0 Å². The van der Waals surface area contributed by atoms with E-state index in [2.05, 4.69) is 15.4 Å². The lowest BCUT2D eigenvalue weighted by molar-refractivity contribution is -0.153. The van der Waals surface area contributed by atoms with Crippen LogP contribution in [0.1, 0.15) is 17.3 Å². The van der Waals surface area contributed by atoms with Crippen molar-refractivity contribution in [2.24, 2.45) is 5.73 Å². The van der Waals surface area contributed by atoms with Gasteiger partial charge in [0.05, 0.1) is 12.8 Å². The first-order valence-corrected chi connectivity index (χ1v) is 8.16. The normalized spacial score (nSPS) is 14.0. The topological polar surface area (TPSA) is 220 Å². The van der Waals surface area contributed by atoms with Gasteiger partial charge in [0.15, 0.2) is 5.78 Å². The number of carbonyl (C=O) groups is 3. The highest BCUT2D eigenvalue weighted by Crippen LogP contribution is 2.06. The zero-order valence-corrected chi connectivity index (χ0v) is 15.5. The third-order valence-electron chi connectivity index (χ3n) is 3.26. The van der Waals surface area contributed by atoms with E-state index in [1.165, 1.54) is 0 Å². The van der Waals surface area contributed by atoms with Crippen molar-refractivity contribution in [1.82, 2.24) is 15.4 Å². The monoisotopic (exact) mass is 412 g/mol. The summed E-state index contributed by atoms with van der Waals surface area (Å²) in [6, 6.07) is 8.76. The van der Waals surface area contributed by atoms with Crippen LogP contribution in [0, 0.1) is 0 Å². The molecule has 4 unspecified atom stereocenters. The Hall–Kier alpha value is -3.03. The number of hydrogen-bond donors (Lipinski definition) is 7. The van der Waals surface area contributed by atoms with Crippen molar-refractivity contribution in [2.75, 3.05) is 6.61 Å². The van der Waals surface area contributed by atoms with Crippen LogP contribution >= 0.6 is 0 Å². The number of H-pyrrole nitrogens is 1. The third-order valence-corrected chi connectivity index (χ3v) is 3.26. The molecule has 0 saturated carbocycles. The molecular formula is C17H24N4O8. The molecule has 0 bridgehead atoms. The molecule has 0 saturated heterocycles. The second-order valence-corrected chi connectivity index (χ2v) is 5.49. The van der Waals surface area contributed by atoms with E-state index in [9.17, 15) is 14.4 Å². The molecule has 1 aromatic heterocycles. The van der Waals surface area contributed by atoms with Crippen molar-refractivity contribution in [2.45, 2.75) is 31.3 Å². The van der Waals surface area contributed by atoms with E-state index in [0.717, 1.165) is 6.92 Å². The minimum atomic E-state index is -2.11. The van der Waals surface area contributed by atoms with Crippen molar-refractivity contribution >= 4 is 17.5 Å². The highest BCUT2D eigenvalue weighted by atomic mass is 16.4. The Balaban J connectivity index is 0.000000464. The van der Waals surface area contributed by atoms with Crippen molar-refractivity contribution in [1.29, 1.82) is 0 Å². The summed E-state index contributed by atoms with van der Waals surface area (Å²) >= 11 is 0. The fraction of sp³-hybridized carbons (Fsp3) is 0.353. The molecule has 8 N–H and O–H groups in total. The minimum absolute atomic E-state index is 0.379. The fourth-order valence-electron chi connectivity index (χ4n) is 1.65. The van der Waals surface area contributed by atoms with Crippen molar-refractivity contribution in [3.05, 3.63) is 48.3 Å². The van der Waals surface area contributed by atoms with Gasteiger partial charge in [-0.1, -0.05) is 23.4 Å². The van der Waals surface area contributed by atoms with Gasteiger partial charge < -0.3 is 31.3 Å². The first-order chi connectivity index (χ1) is 13.6. The van der Waals surface area contributed by atoms with Gasteiger partial charge in [0.1, 0.15) is 24.4 Å². The molecule has 2 aromatic rings. The predicted octanol–water partition coefficient (Wildman–Crippen LogP) is -2.83. The molecular weight excluding hydrogens is 388 g/mol. The molecule has 0 fully saturated rings. The van der Waals surface area contributed by atoms with Crippen LogP contribution in [-0.2, 0) is 9.59 Å². The lowest BCUT2D eigenvalue weighted by Gasteiger charge is -2.24. The molecule has 12 nitrogen and oxygen atoms in total. The Morgan fingerprint density at radius 3 is 1.97 bits per heavy atom. The maximum absolute atomic E-state index is 10.9. The molecule has 1 aromatic carbocycles. The van der Waals surface area contributed by atoms with E-state index in [4.69, 9.17) is 31.3 Å². The minimum Gasteiger partial charge on any atom is -0.394 e. The third kappa shape index (κ3) is 10.2. The van der Waals surface area contributed by atoms with Crippen LogP contribution in [0.5, 0.6) is 0 Å². The molecule has 1 heterocycles. The van der Waals surface area contributed by atoms with Crippen LogP contribution in [0.25, 0.3) is 0 Å². The van der Waals surface area contributed by atoms with Gasteiger partial charge in [-0.15, -0.1) is 5.10 Å². The summed E-state index contributed by atoms with van der Waals surface area (Å²) in [6.45, 7) is 0.0480. The number of amides is 1. The van der Waals surface area contributed by atoms with E-state index < -0.39 is 42.6 Å². The van der Waals surface area contributed by atoms with Crippen LogP contribution in [0.3, 0.4) is 0 Å². The van der Waals surface area contributed by atoms with Gasteiger partial charge in [0, 0.05) is 18.7 Å². The number of Topliss-reactive ketones (excluding diaryl/α,β-unsaturated/α-hetero) is 2. The zero-order valence-electron chi connectivity index (χ0n) is 15.5. The molecule has 4 atom stereocenters. The van der Waals surface area contributed by atoms with Crippen LogP contribution in [0.2, 0.25) is 0 Å². The second-order valence-electron chi connectivity index (χ2n) is 5.49. The number of aliphatic hydroxyl groups excluding tert-OH is 5. The molecule has 0 radical (unpaired) electrons. The molecule has 0 aliphatic rings. The fourth-order valence-corrected chi connectivity index (χ4v) is 1.65. The molecule has 29 heavy (non-hydrogen) atoms. The van der Waals surface area contributed by atoms with Crippen LogP contribution in [0.4, 0.5) is 0 Å². The standard InChI is InChI=1S/C8H14O7.C7H7NO.C2H3N3/c1-3(10)5(12)7(14)8(15)6(13)4(11)2-9;8-7(9)6-4-2-1-3-5-6;1-2-4-5-3-1/h4,6-9,11,13-15H,2H2,1H3;1-5H,(H2,8,9);1-2H,(H,3,4,5). The Labute approximate surface area is 165 Å². The van der Waals surface area contributed by atoms with Crippen LogP contribution < -0.4 is 5.73 Å². The molecule has 0 aliphatic carbocycles. The van der Waals surface area contributed by atoms with E-state index in [1.807, 2.05) is 6.07 Å². The smallest absolute Gasteiger partial charge is 0.248 e. The first kappa shape index (κ1) is 26.0. The molecule has 1 amide bonds. The van der Waals surface area contributed by atoms with E-state index in [0.29, 0.717) is 5.56 Å². The van der Waals surface area contributed by atoms with Gasteiger partial charge in [-0.3, -0.25) is 19.5 Å². The summed E-state index contributed by atoms with van der Waals surface area (Å²) in [5.41, 5.74) is 5.53. The van der Waals surface area contributed by atoms with E-state index >= 15 is 0 Å². The number of aromatic nitrogens is 3. The number of aromatic amines is 1. The highest BCUT2D eigenvalue weighted by molar-refractivity contribution is 6.38. The molecule has 2 rings (SSSR count). The number of ketones is 2. The predicted molar refractivity (Wildman–Crippen MR) is 98.1 cm³/mol. The maximum atomic E-state index is 10.9. The number of rotatable bonds is 7. The summed E-state index contributed by atoms with van der Waals surface area (Å²) in [4.78, 5) is 31.8. The summed E-state index contributed by atoms with van der Waals surface area (Å²) in [5.74, 6) is -2.63. The highest BCUT2D eigenvalue weighted by Gasteiger charge is 2.35. The van der Waals surface area contributed by atoms with E-state index in [1.54, 1.807) is 36.7 Å². The lowest BCUT2D eigenvalue weighted by Crippen LogP contribution is -2.49. The van der Waals surface area contributed by atoms with Gasteiger partial charge in [0.2, 0.25) is 11.7 Å². The Bertz CT molecular complexity index is 709. The maximum Gasteiger partial charge on any atom is 0.248 e. The van der Waals surface area contributed by atoms with Gasteiger partial charge in [-0.2, -0.15) is 0 Å². The van der Waals surface area contributed by atoms with Crippen molar-refractivity contribution < 1.29 is 39.9 Å². The number of aliphatic hydroxyl groups is 5. The Morgan fingerprint density at radius 1 is 1.07 bits per heavy atom. The molecule has 0 aliphatic heterocycles. The summed E-state index contributed by atoms with van der Waals surface area (Å²) in [5, 5.41) is 54.0. The van der Waals surface area contributed by atoms with Crippen LogP contribution in [-0.4, -0.2) is 89.4 Å². The summed E-state index contributed by atoms with van der Waals surface area (Å²) in [6.07, 6.45) is -4.51. The quantitative estimate of drug-likeness (QED) is 0.231. The number of nitrogens with zero attached hydrogens (tertiary/aromatic N) is 2. The largest absolute Gasteiger partial charge is 0.394 e. The molecule has 0 spiro atoms. The van der Waals surface area contributed by atoms with Crippen molar-refractivity contribution in [3.63, 3.8) is 0 Å². The van der Waals surface area contributed by atoms with Gasteiger partial charge in [0.25, 0.3) is 0 Å². The number of hydrogen-bond acceptors (Lipinski definition) is 10. The molecule has 12 heteroatoms. The SMILES string of the molecule is CC(=O)C(=O)C(O)C(O)C(O)C(O)CO.NC(=O)c1ccccc1.c1c[nH]nn1. The second kappa shape index (κ2) is 14.0. The Kier molecular flexibility index (Phi) is 12.6. The molecule has 160 valence electrons. The average molecular weight is 412 g/mol. The lowest BCUT2D eigenvalue weighted by atomic mass is 9.99. The summed E-state index contributed by atoms with van der Waals surface area (Å²) in [7, 11) is 0. The van der Waals surface area contributed by atoms with Gasteiger partial charge in [-0.25, -0.2) is 0 Å². The summed E-state index contributed by atoms with van der Waals surface area (Å²) < 4.78 is 0. The number of carbonyl (C=O) groups excluding carboxylic acids is 3. The van der Waals surface area contributed by atoms with E-state index in [-0.39, 0.29) is 5.91 Å². The number of primary amides is 1. The average Bonchev–Trinajstić information content (AvgIpc) is 3.32. The number of nitrogens with one attached hydrogen (secondary N) is 1. The zero-order chi connectivity index (χ0) is 22.4.